The lowest BCUT2D eigenvalue weighted by molar-refractivity contribution is -0.120. The first-order chi connectivity index (χ1) is 18.0. The molecule has 1 N–H and O–H groups in total. The van der Waals surface area contributed by atoms with Crippen LogP contribution in [0.2, 0.25) is 0 Å². The molecule has 2 aromatic carbocycles. The molecule has 37 heavy (non-hydrogen) atoms. The van der Waals surface area contributed by atoms with Crippen LogP contribution < -0.4 is 10.2 Å². The van der Waals surface area contributed by atoms with Crippen molar-refractivity contribution in [1.82, 2.24) is 10.2 Å². The molecule has 3 fully saturated rings. The summed E-state index contributed by atoms with van der Waals surface area (Å²) in [5.74, 6) is 1.10. The number of nitrogens with one attached hydrogen (secondary N) is 1. The quantitative estimate of drug-likeness (QED) is 0.540. The van der Waals surface area contributed by atoms with Gasteiger partial charge in [-0.2, -0.15) is 5.26 Å². The van der Waals surface area contributed by atoms with Crippen LogP contribution in [0.25, 0.3) is 4.85 Å². The molecule has 1 amide bonds. The second kappa shape index (κ2) is 11.0. The van der Waals surface area contributed by atoms with Gasteiger partial charge in [-0.05, 0) is 62.4 Å². The van der Waals surface area contributed by atoms with Gasteiger partial charge in [0.2, 0.25) is 5.91 Å². The SMILES string of the molecule is [C-]#[N+]c1ccc(N2CC(CN3CCC(C(C#N)(c4ccccc4)[C@H]4CCC[C@@H]4NC(C)=O)CC3)C2)cc1. The lowest BCUT2D eigenvalue weighted by atomic mass is 9.59. The number of rotatable bonds is 7. The van der Waals surface area contributed by atoms with E-state index >= 15 is 0 Å². The fraction of sp³-hybridized carbons (Fsp3) is 0.516. The van der Waals surface area contributed by atoms with E-state index in [9.17, 15) is 10.1 Å². The minimum Gasteiger partial charge on any atom is -0.371 e. The third kappa shape index (κ3) is 5.09. The second-order valence-electron chi connectivity index (χ2n) is 11.2. The van der Waals surface area contributed by atoms with Crippen LogP contribution in [0, 0.1) is 35.7 Å². The van der Waals surface area contributed by atoms with E-state index in [-0.39, 0.29) is 23.8 Å². The highest BCUT2D eigenvalue weighted by Crippen LogP contribution is 2.50. The normalized spacial score (nSPS) is 24.5. The summed E-state index contributed by atoms with van der Waals surface area (Å²) >= 11 is 0. The van der Waals surface area contributed by atoms with E-state index < -0.39 is 5.41 Å². The van der Waals surface area contributed by atoms with Crippen LogP contribution in [-0.2, 0) is 10.2 Å². The van der Waals surface area contributed by atoms with E-state index in [1.54, 1.807) is 6.92 Å². The Hall–Kier alpha value is -3.35. The highest BCUT2D eigenvalue weighted by Gasteiger charge is 2.52. The van der Waals surface area contributed by atoms with Crippen molar-refractivity contribution in [3.63, 3.8) is 0 Å². The monoisotopic (exact) mass is 495 g/mol. The van der Waals surface area contributed by atoms with Crippen molar-refractivity contribution < 1.29 is 4.79 Å². The van der Waals surface area contributed by atoms with Crippen molar-refractivity contribution in [3.8, 4) is 6.07 Å². The Morgan fingerprint density at radius 3 is 2.41 bits per heavy atom. The molecule has 5 rings (SSSR count). The topological polar surface area (TPSA) is 63.7 Å². The zero-order chi connectivity index (χ0) is 25.8. The maximum Gasteiger partial charge on any atom is 0.217 e. The van der Waals surface area contributed by atoms with Gasteiger partial charge in [-0.3, -0.25) is 4.79 Å². The standard InChI is InChI=1S/C31H37N5O/c1-23(37)34-30-10-6-9-29(30)31(22-32,25-7-4-3-5-8-25)26-15-17-35(18-16-26)19-24-20-36(21-24)28-13-11-27(33-2)12-14-28/h3-5,7-8,11-14,24,26,29-30H,6,9-10,15-21H2,1H3,(H,34,37)/t29-,30-,31?/m0/s1. The molecule has 2 saturated heterocycles. The fourth-order valence-corrected chi connectivity index (χ4v) is 7.21. The van der Waals surface area contributed by atoms with E-state index in [2.05, 4.69) is 62.4 Å². The average molecular weight is 496 g/mol. The van der Waals surface area contributed by atoms with Crippen molar-refractivity contribution in [3.05, 3.63) is 71.6 Å². The summed E-state index contributed by atoms with van der Waals surface area (Å²) in [5.41, 5.74) is 2.45. The number of piperidine rings is 1. The lowest BCUT2D eigenvalue weighted by Crippen LogP contribution is -2.55. The smallest absolute Gasteiger partial charge is 0.217 e. The first kappa shape index (κ1) is 25.3. The van der Waals surface area contributed by atoms with Gasteiger partial charge in [-0.15, -0.1) is 0 Å². The molecule has 192 valence electrons. The van der Waals surface area contributed by atoms with Crippen LogP contribution >= 0.6 is 0 Å². The van der Waals surface area contributed by atoms with Gasteiger partial charge < -0.3 is 15.1 Å². The maximum atomic E-state index is 12.0. The van der Waals surface area contributed by atoms with Crippen LogP contribution in [0.4, 0.5) is 11.4 Å². The summed E-state index contributed by atoms with van der Waals surface area (Å²) in [6, 6.07) is 21.2. The number of carbonyl (C=O) groups is 1. The van der Waals surface area contributed by atoms with Crippen LogP contribution in [0.5, 0.6) is 0 Å². The molecule has 2 aliphatic heterocycles. The Balaban J connectivity index is 1.24. The number of nitrogens with zero attached hydrogens (tertiary/aromatic N) is 4. The minimum absolute atomic E-state index is 0.00324. The van der Waals surface area contributed by atoms with Crippen molar-refractivity contribution in [2.45, 2.75) is 50.5 Å². The second-order valence-corrected chi connectivity index (χ2v) is 11.2. The summed E-state index contributed by atoms with van der Waals surface area (Å²) in [6.45, 7) is 14.0. The van der Waals surface area contributed by atoms with Gasteiger partial charge in [0.1, 0.15) is 0 Å². The van der Waals surface area contributed by atoms with E-state index in [1.807, 2.05) is 18.2 Å². The molecular formula is C31H37N5O. The highest BCUT2D eigenvalue weighted by molar-refractivity contribution is 5.73. The maximum absolute atomic E-state index is 12.0. The van der Waals surface area contributed by atoms with Gasteiger partial charge in [0, 0.05) is 50.1 Å². The van der Waals surface area contributed by atoms with Crippen molar-refractivity contribution >= 4 is 17.3 Å². The number of nitriles is 1. The van der Waals surface area contributed by atoms with Gasteiger partial charge >= 0.3 is 0 Å². The molecule has 3 aliphatic rings. The van der Waals surface area contributed by atoms with Gasteiger partial charge in [0.15, 0.2) is 5.69 Å². The molecule has 2 aromatic rings. The van der Waals surface area contributed by atoms with Crippen LogP contribution in [0.15, 0.2) is 54.6 Å². The van der Waals surface area contributed by atoms with Gasteiger partial charge in [-0.1, -0.05) is 48.9 Å². The number of hydrogen-bond donors (Lipinski definition) is 1. The summed E-state index contributed by atoms with van der Waals surface area (Å²) in [4.78, 5) is 20.4. The molecule has 1 unspecified atom stereocenters. The Bertz CT molecular complexity index is 1150. The van der Waals surface area contributed by atoms with Gasteiger partial charge in [-0.25, -0.2) is 4.85 Å². The Morgan fingerprint density at radius 2 is 1.78 bits per heavy atom. The molecule has 1 saturated carbocycles. The van der Waals surface area contributed by atoms with E-state index in [1.165, 1.54) is 5.69 Å². The molecule has 1 aliphatic carbocycles. The number of amides is 1. The first-order valence-electron chi connectivity index (χ1n) is 13.7. The van der Waals surface area contributed by atoms with Crippen molar-refractivity contribution in [1.29, 1.82) is 5.26 Å². The summed E-state index contributed by atoms with van der Waals surface area (Å²) in [7, 11) is 0. The zero-order valence-corrected chi connectivity index (χ0v) is 21.8. The van der Waals surface area contributed by atoms with Crippen molar-refractivity contribution in [2.24, 2.45) is 17.8 Å². The number of likely N-dealkylation sites (tertiary alicyclic amines) is 1. The van der Waals surface area contributed by atoms with Crippen LogP contribution in [0.3, 0.4) is 0 Å². The molecule has 0 radical (unpaired) electrons. The Labute approximate surface area is 221 Å². The molecule has 0 aromatic heterocycles. The van der Waals surface area contributed by atoms with E-state index in [0.29, 0.717) is 11.6 Å². The van der Waals surface area contributed by atoms with E-state index in [4.69, 9.17) is 6.57 Å². The Kier molecular flexibility index (Phi) is 7.49. The van der Waals surface area contributed by atoms with E-state index in [0.717, 1.165) is 70.4 Å². The molecule has 6 heteroatoms. The molecule has 2 heterocycles. The summed E-state index contributed by atoms with van der Waals surface area (Å²) in [6.07, 6.45) is 5.03. The molecule has 6 nitrogen and oxygen atoms in total. The average Bonchev–Trinajstić information content (AvgIpc) is 3.36. The number of hydrogen-bond acceptors (Lipinski definition) is 4. The fourth-order valence-electron chi connectivity index (χ4n) is 7.21. The third-order valence-corrected chi connectivity index (χ3v) is 8.97. The lowest BCUT2D eigenvalue weighted by Gasteiger charge is -2.48. The van der Waals surface area contributed by atoms with Crippen molar-refractivity contribution in [2.75, 3.05) is 37.6 Å². The third-order valence-electron chi connectivity index (χ3n) is 8.97. The predicted molar refractivity (Wildman–Crippen MR) is 146 cm³/mol. The summed E-state index contributed by atoms with van der Waals surface area (Å²) < 4.78 is 0. The predicted octanol–water partition coefficient (Wildman–Crippen LogP) is 5.15. The first-order valence-corrected chi connectivity index (χ1v) is 13.7. The van der Waals surface area contributed by atoms with Gasteiger partial charge in [0.05, 0.1) is 18.1 Å². The van der Waals surface area contributed by atoms with Gasteiger partial charge in [0.25, 0.3) is 0 Å². The number of benzene rings is 2. The minimum atomic E-state index is -0.568. The number of carbonyl (C=O) groups excluding carboxylic acids is 1. The van der Waals surface area contributed by atoms with Crippen LogP contribution in [-0.4, -0.2) is 49.6 Å². The molecular weight excluding hydrogens is 458 g/mol. The molecule has 3 atom stereocenters. The highest BCUT2D eigenvalue weighted by atomic mass is 16.1. The zero-order valence-electron chi connectivity index (χ0n) is 21.8. The molecule has 0 bridgehead atoms. The Morgan fingerprint density at radius 1 is 1.08 bits per heavy atom. The molecule has 0 spiro atoms. The number of anilines is 1. The van der Waals surface area contributed by atoms with Crippen LogP contribution in [0.1, 0.15) is 44.6 Å². The largest absolute Gasteiger partial charge is 0.371 e. The summed E-state index contributed by atoms with van der Waals surface area (Å²) in [5, 5.41) is 14.0.